The summed E-state index contributed by atoms with van der Waals surface area (Å²) < 4.78 is 0. The van der Waals surface area contributed by atoms with Crippen molar-refractivity contribution in [1.29, 1.82) is 0 Å². The van der Waals surface area contributed by atoms with Crippen molar-refractivity contribution >= 4 is 11.3 Å². The maximum atomic E-state index is 10.3. The quantitative estimate of drug-likeness (QED) is 0.910. The van der Waals surface area contributed by atoms with Crippen LogP contribution in [0.1, 0.15) is 43.1 Å². The number of aliphatic hydroxyl groups excluding tert-OH is 1. The highest BCUT2D eigenvalue weighted by atomic mass is 32.1. The second-order valence-electron chi connectivity index (χ2n) is 6.13. The standard InChI is InChI=1S/C16H22N2OS/c1-16(2,3)15-18-13(10-20-15)14(19)12(17)9-11-7-5-4-6-8-11/h4-8,10,12,14,19H,9,17H2,1-3H3. The average Bonchev–Trinajstić information content (AvgIpc) is 2.88. The third kappa shape index (κ3) is 3.66. The molecule has 20 heavy (non-hydrogen) atoms. The number of rotatable bonds is 4. The van der Waals surface area contributed by atoms with E-state index in [9.17, 15) is 5.11 Å². The van der Waals surface area contributed by atoms with E-state index in [1.54, 1.807) is 11.3 Å². The molecule has 0 radical (unpaired) electrons. The third-order valence-corrected chi connectivity index (χ3v) is 4.47. The van der Waals surface area contributed by atoms with Crippen LogP contribution in [0.15, 0.2) is 35.7 Å². The van der Waals surface area contributed by atoms with E-state index in [0.717, 1.165) is 10.6 Å². The molecule has 3 nitrogen and oxygen atoms in total. The Hall–Kier alpha value is -1.23. The second kappa shape index (κ2) is 6.04. The Kier molecular flexibility index (Phi) is 4.58. The van der Waals surface area contributed by atoms with Gasteiger partial charge in [0.1, 0.15) is 6.10 Å². The molecule has 0 saturated carbocycles. The molecule has 0 saturated heterocycles. The average molecular weight is 290 g/mol. The fourth-order valence-corrected chi connectivity index (χ4v) is 2.92. The van der Waals surface area contributed by atoms with Crippen LogP contribution in [-0.2, 0) is 11.8 Å². The first-order valence-corrected chi connectivity index (χ1v) is 7.69. The van der Waals surface area contributed by atoms with Crippen LogP contribution in [0.5, 0.6) is 0 Å². The van der Waals surface area contributed by atoms with Crippen LogP contribution in [0.4, 0.5) is 0 Å². The smallest absolute Gasteiger partial charge is 0.112 e. The molecule has 1 heterocycles. The van der Waals surface area contributed by atoms with Gasteiger partial charge in [-0.25, -0.2) is 4.98 Å². The van der Waals surface area contributed by atoms with Gasteiger partial charge < -0.3 is 10.8 Å². The van der Waals surface area contributed by atoms with E-state index in [1.165, 1.54) is 0 Å². The Morgan fingerprint density at radius 2 is 1.90 bits per heavy atom. The Morgan fingerprint density at radius 3 is 2.45 bits per heavy atom. The largest absolute Gasteiger partial charge is 0.385 e. The van der Waals surface area contributed by atoms with Gasteiger partial charge in [-0.15, -0.1) is 11.3 Å². The van der Waals surface area contributed by atoms with Crippen molar-refractivity contribution in [1.82, 2.24) is 4.98 Å². The molecule has 1 aromatic heterocycles. The van der Waals surface area contributed by atoms with E-state index in [1.807, 2.05) is 35.7 Å². The SMILES string of the molecule is CC(C)(C)c1nc(C(O)C(N)Cc2ccccc2)cs1. The van der Waals surface area contributed by atoms with Crippen molar-refractivity contribution in [2.24, 2.45) is 5.73 Å². The molecule has 2 unspecified atom stereocenters. The number of aliphatic hydroxyl groups is 1. The number of nitrogens with zero attached hydrogens (tertiary/aromatic N) is 1. The van der Waals surface area contributed by atoms with Gasteiger partial charge >= 0.3 is 0 Å². The number of hydrogen-bond acceptors (Lipinski definition) is 4. The lowest BCUT2D eigenvalue weighted by atomic mass is 9.97. The minimum Gasteiger partial charge on any atom is -0.385 e. The van der Waals surface area contributed by atoms with Crippen LogP contribution in [0.25, 0.3) is 0 Å². The summed E-state index contributed by atoms with van der Waals surface area (Å²) in [4.78, 5) is 4.53. The summed E-state index contributed by atoms with van der Waals surface area (Å²) in [7, 11) is 0. The molecule has 0 aliphatic rings. The fourth-order valence-electron chi connectivity index (χ4n) is 1.98. The maximum absolute atomic E-state index is 10.3. The predicted octanol–water partition coefficient (Wildman–Crippen LogP) is 3.04. The van der Waals surface area contributed by atoms with Gasteiger partial charge in [0.25, 0.3) is 0 Å². The molecule has 2 aromatic rings. The molecule has 108 valence electrons. The van der Waals surface area contributed by atoms with Gasteiger partial charge in [-0.1, -0.05) is 51.1 Å². The van der Waals surface area contributed by atoms with Crippen LogP contribution in [0.3, 0.4) is 0 Å². The summed E-state index contributed by atoms with van der Waals surface area (Å²) >= 11 is 1.58. The highest BCUT2D eigenvalue weighted by Gasteiger charge is 2.23. The zero-order valence-corrected chi connectivity index (χ0v) is 13.0. The van der Waals surface area contributed by atoms with E-state index in [-0.39, 0.29) is 11.5 Å². The normalized spacial score (nSPS) is 15.1. The van der Waals surface area contributed by atoms with E-state index in [4.69, 9.17) is 5.73 Å². The molecule has 0 bridgehead atoms. The molecule has 3 N–H and O–H groups in total. The fraction of sp³-hybridized carbons (Fsp3) is 0.438. The van der Waals surface area contributed by atoms with E-state index >= 15 is 0 Å². The van der Waals surface area contributed by atoms with Gasteiger partial charge in [-0.2, -0.15) is 0 Å². The summed E-state index contributed by atoms with van der Waals surface area (Å²) in [6.45, 7) is 6.35. The molecule has 4 heteroatoms. The van der Waals surface area contributed by atoms with Crippen molar-refractivity contribution in [3.05, 3.63) is 52.0 Å². The first kappa shape index (κ1) is 15.2. The minimum absolute atomic E-state index is 0.00611. The van der Waals surface area contributed by atoms with Gasteiger partial charge in [-0.3, -0.25) is 0 Å². The summed E-state index contributed by atoms with van der Waals surface area (Å²) in [5, 5.41) is 13.3. The minimum atomic E-state index is -0.720. The zero-order chi connectivity index (χ0) is 14.8. The first-order chi connectivity index (χ1) is 9.38. The lowest BCUT2D eigenvalue weighted by Gasteiger charge is -2.18. The molecule has 0 aliphatic carbocycles. The molecule has 2 rings (SSSR count). The molecular weight excluding hydrogens is 268 g/mol. The Balaban J connectivity index is 2.07. The first-order valence-electron chi connectivity index (χ1n) is 6.81. The Morgan fingerprint density at radius 1 is 1.25 bits per heavy atom. The van der Waals surface area contributed by atoms with Crippen LogP contribution in [0, 0.1) is 0 Å². The zero-order valence-electron chi connectivity index (χ0n) is 12.2. The van der Waals surface area contributed by atoms with Gasteiger partial charge in [-0.05, 0) is 12.0 Å². The number of nitrogens with two attached hydrogens (primary N) is 1. The lowest BCUT2D eigenvalue weighted by molar-refractivity contribution is 0.142. The maximum Gasteiger partial charge on any atom is 0.112 e. The molecule has 0 amide bonds. The number of thiazole rings is 1. The van der Waals surface area contributed by atoms with E-state index in [2.05, 4.69) is 25.8 Å². The summed E-state index contributed by atoms with van der Waals surface area (Å²) in [5.41, 5.74) is 7.93. The molecule has 0 spiro atoms. The Labute approximate surface area is 124 Å². The van der Waals surface area contributed by atoms with Gasteiger partial charge in [0.2, 0.25) is 0 Å². The van der Waals surface area contributed by atoms with E-state index < -0.39 is 6.10 Å². The van der Waals surface area contributed by atoms with Gasteiger partial charge in [0.15, 0.2) is 0 Å². The number of hydrogen-bond donors (Lipinski definition) is 2. The highest BCUT2D eigenvalue weighted by molar-refractivity contribution is 7.09. The molecule has 0 aliphatic heterocycles. The molecule has 1 aromatic carbocycles. The van der Waals surface area contributed by atoms with Crippen LogP contribution < -0.4 is 5.73 Å². The van der Waals surface area contributed by atoms with Crippen molar-refractivity contribution in [3.63, 3.8) is 0 Å². The van der Waals surface area contributed by atoms with Crippen molar-refractivity contribution in [2.45, 2.75) is 44.8 Å². The summed E-state index contributed by atoms with van der Waals surface area (Å²) in [6.07, 6.45) is -0.0766. The number of aromatic nitrogens is 1. The third-order valence-electron chi connectivity index (χ3n) is 3.19. The van der Waals surface area contributed by atoms with E-state index in [0.29, 0.717) is 12.1 Å². The van der Waals surface area contributed by atoms with Crippen LogP contribution in [0.2, 0.25) is 0 Å². The van der Waals surface area contributed by atoms with Crippen molar-refractivity contribution < 1.29 is 5.11 Å². The highest BCUT2D eigenvalue weighted by Crippen LogP contribution is 2.28. The topological polar surface area (TPSA) is 59.1 Å². The van der Waals surface area contributed by atoms with Gasteiger partial charge in [0, 0.05) is 16.8 Å². The summed E-state index contributed by atoms with van der Waals surface area (Å²) in [5.74, 6) is 0. The monoisotopic (exact) mass is 290 g/mol. The molecular formula is C16H22N2OS. The Bertz CT molecular complexity index is 545. The molecule has 0 fully saturated rings. The van der Waals surface area contributed by atoms with Crippen molar-refractivity contribution in [3.8, 4) is 0 Å². The molecule has 2 atom stereocenters. The van der Waals surface area contributed by atoms with Crippen molar-refractivity contribution in [2.75, 3.05) is 0 Å². The van der Waals surface area contributed by atoms with Crippen LogP contribution >= 0.6 is 11.3 Å². The predicted molar refractivity (Wildman–Crippen MR) is 83.9 cm³/mol. The second-order valence-corrected chi connectivity index (χ2v) is 6.98. The number of benzene rings is 1. The lowest BCUT2D eigenvalue weighted by Crippen LogP contribution is -2.31. The van der Waals surface area contributed by atoms with Crippen LogP contribution in [-0.4, -0.2) is 16.1 Å². The summed E-state index contributed by atoms with van der Waals surface area (Å²) in [6, 6.07) is 9.64. The van der Waals surface area contributed by atoms with Gasteiger partial charge in [0.05, 0.1) is 10.7 Å².